The highest BCUT2D eigenvalue weighted by Gasteiger charge is 2.31. The Balaban J connectivity index is 1.32. The van der Waals surface area contributed by atoms with Gasteiger partial charge in [-0.3, -0.25) is 0 Å². The Hall–Kier alpha value is -0.0800. The van der Waals surface area contributed by atoms with Crippen molar-refractivity contribution in [2.45, 2.75) is 90.8 Å². The summed E-state index contributed by atoms with van der Waals surface area (Å²) >= 11 is 0. The second kappa shape index (κ2) is 8.85. The van der Waals surface area contributed by atoms with Gasteiger partial charge in [0.05, 0.1) is 13.2 Å². The number of hydrogen-bond acceptors (Lipinski definition) is 2. The summed E-state index contributed by atoms with van der Waals surface area (Å²) in [5, 5.41) is 0. The molecule has 2 aliphatic carbocycles. The van der Waals surface area contributed by atoms with Gasteiger partial charge < -0.3 is 9.47 Å². The molecule has 1 saturated heterocycles. The molecule has 0 aromatic carbocycles. The molecule has 1 aliphatic heterocycles. The van der Waals surface area contributed by atoms with Gasteiger partial charge in [0.15, 0.2) is 6.29 Å². The average molecular weight is 323 g/mol. The lowest BCUT2D eigenvalue weighted by Gasteiger charge is -2.39. The van der Waals surface area contributed by atoms with Crippen LogP contribution in [0.25, 0.3) is 0 Å². The van der Waals surface area contributed by atoms with E-state index in [-0.39, 0.29) is 6.29 Å². The number of ether oxygens (including phenoxy) is 2. The summed E-state index contributed by atoms with van der Waals surface area (Å²) in [5.41, 5.74) is 0. The maximum atomic E-state index is 5.69. The van der Waals surface area contributed by atoms with Crippen LogP contribution >= 0.6 is 0 Å². The highest BCUT2D eigenvalue weighted by Crippen LogP contribution is 2.43. The first kappa shape index (κ1) is 17.7. The van der Waals surface area contributed by atoms with Crippen molar-refractivity contribution in [2.75, 3.05) is 13.2 Å². The molecule has 2 heteroatoms. The fourth-order valence-electron chi connectivity index (χ4n) is 5.31. The lowest BCUT2D eigenvalue weighted by atomic mass is 9.67. The molecule has 0 spiro atoms. The van der Waals surface area contributed by atoms with E-state index < -0.39 is 0 Å². The highest BCUT2D eigenvalue weighted by atomic mass is 16.7. The molecule has 0 radical (unpaired) electrons. The molecule has 0 bridgehead atoms. The van der Waals surface area contributed by atoms with Gasteiger partial charge in [0.2, 0.25) is 0 Å². The zero-order valence-electron chi connectivity index (χ0n) is 15.5. The molecule has 0 unspecified atom stereocenters. The van der Waals surface area contributed by atoms with E-state index in [0.717, 1.165) is 55.6 Å². The first-order valence-corrected chi connectivity index (χ1v) is 10.5. The minimum absolute atomic E-state index is 0.104. The second-order valence-electron chi connectivity index (χ2n) is 8.80. The van der Waals surface area contributed by atoms with Crippen LogP contribution in [0.2, 0.25) is 0 Å². The molecule has 2 nitrogen and oxygen atoms in total. The van der Waals surface area contributed by atoms with E-state index in [1.807, 2.05) is 0 Å². The van der Waals surface area contributed by atoms with Crippen LogP contribution in [0.5, 0.6) is 0 Å². The second-order valence-corrected chi connectivity index (χ2v) is 8.80. The summed E-state index contributed by atoms with van der Waals surface area (Å²) in [5.74, 6) is 4.94. The Morgan fingerprint density at radius 1 is 0.739 bits per heavy atom. The van der Waals surface area contributed by atoms with E-state index in [2.05, 4.69) is 13.8 Å². The molecule has 3 fully saturated rings. The van der Waals surface area contributed by atoms with Crippen molar-refractivity contribution < 1.29 is 9.47 Å². The summed E-state index contributed by atoms with van der Waals surface area (Å²) in [7, 11) is 0. The van der Waals surface area contributed by atoms with Gasteiger partial charge in [-0.1, -0.05) is 26.7 Å². The summed E-state index contributed by atoms with van der Waals surface area (Å²) < 4.78 is 11.4. The Kier molecular flexibility index (Phi) is 6.83. The minimum atomic E-state index is 0.104. The third kappa shape index (κ3) is 5.19. The van der Waals surface area contributed by atoms with Crippen LogP contribution < -0.4 is 0 Å². The third-order valence-corrected chi connectivity index (χ3v) is 7.02. The summed E-state index contributed by atoms with van der Waals surface area (Å²) in [6.45, 7) is 6.62. The molecule has 134 valence electrons. The SMILES string of the molecule is CC(C)[C@H]1CC[C@H]([C@H]2CC[C@H](CCC3OCCCO3)CC2)CC1. The summed E-state index contributed by atoms with van der Waals surface area (Å²) in [4.78, 5) is 0. The van der Waals surface area contributed by atoms with E-state index in [1.165, 1.54) is 57.8 Å². The molecule has 0 amide bonds. The quantitative estimate of drug-likeness (QED) is 0.637. The van der Waals surface area contributed by atoms with Crippen molar-refractivity contribution in [1.82, 2.24) is 0 Å². The van der Waals surface area contributed by atoms with E-state index in [0.29, 0.717) is 0 Å². The lowest BCUT2D eigenvalue weighted by molar-refractivity contribution is -0.183. The summed E-state index contributed by atoms with van der Waals surface area (Å²) in [6, 6.07) is 0. The normalized spacial score (nSPS) is 37.2. The van der Waals surface area contributed by atoms with Crippen molar-refractivity contribution in [3.8, 4) is 0 Å². The van der Waals surface area contributed by atoms with Crippen LogP contribution in [0, 0.1) is 29.6 Å². The molecular weight excluding hydrogens is 284 g/mol. The fraction of sp³-hybridized carbons (Fsp3) is 1.00. The van der Waals surface area contributed by atoms with Crippen molar-refractivity contribution in [3.05, 3.63) is 0 Å². The highest BCUT2D eigenvalue weighted by molar-refractivity contribution is 4.82. The molecular formula is C21H38O2. The van der Waals surface area contributed by atoms with Gasteiger partial charge in [0.25, 0.3) is 0 Å². The van der Waals surface area contributed by atoms with E-state index in [4.69, 9.17) is 9.47 Å². The zero-order chi connectivity index (χ0) is 16.1. The molecule has 3 rings (SSSR count). The average Bonchev–Trinajstić information content (AvgIpc) is 2.61. The third-order valence-electron chi connectivity index (χ3n) is 7.02. The molecule has 1 heterocycles. The van der Waals surface area contributed by atoms with Crippen molar-refractivity contribution in [1.29, 1.82) is 0 Å². The zero-order valence-corrected chi connectivity index (χ0v) is 15.5. The van der Waals surface area contributed by atoms with Crippen LogP contribution in [0.1, 0.15) is 84.5 Å². The Morgan fingerprint density at radius 3 is 1.87 bits per heavy atom. The number of rotatable bonds is 5. The van der Waals surface area contributed by atoms with E-state index in [1.54, 1.807) is 0 Å². The predicted octanol–water partition coefficient (Wildman–Crippen LogP) is 5.80. The standard InChI is InChI=1S/C21H38O2/c1-16(2)18-9-11-20(12-10-18)19-7-4-17(5-8-19)6-13-21-22-14-3-15-23-21/h16-21H,3-15H2,1-2H3/t17-,18-,19-,20-. The molecule has 0 aromatic heterocycles. The van der Waals surface area contributed by atoms with Gasteiger partial charge in [0, 0.05) is 0 Å². The number of hydrogen-bond donors (Lipinski definition) is 0. The summed E-state index contributed by atoms with van der Waals surface area (Å²) in [6.07, 6.45) is 15.5. The maximum Gasteiger partial charge on any atom is 0.157 e. The minimum Gasteiger partial charge on any atom is -0.353 e. The van der Waals surface area contributed by atoms with Crippen LogP contribution in [-0.4, -0.2) is 19.5 Å². The topological polar surface area (TPSA) is 18.5 Å². The van der Waals surface area contributed by atoms with Gasteiger partial charge in [-0.2, -0.15) is 0 Å². The maximum absolute atomic E-state index is 5.69. The van der Waals surface area contributed by atoms with E-state index in [9.17, 15) is 0 Å². The van der Waals surface area contributed by atoms with Gasteiger partial charge in [-0.25, -0.2) is 0 Å². The predicted molar refractivity (Wildman–Crippen MR) is 95.3 cm³/mol. The Labute approximate surface area is 143 Å². The van der Waals surface area contributed by atoms with Crippen molar-refractivity contribution in [2.24, 2.45) is 29.6 Å². The fourth-order valence-corrected chi connectivity index (χ4v) is 5.31. The van der Waals surface area contributed by atoms with Gasteiger partial charge in [-0.15, -0.1) is 0 Å². The van der Waals surface area contributed by atoms with Gasteiger partial charge >= 0.3 is 0 Å². The monoisotopic (exact) mass is 322 g/mol. The Morgan fingerprint density at radius 2 is 1.30 bits per heavy atom. The first-order chi connectivity index (χ1) is 11.2. The van der Waals surface area contributed by atoms with Crippen molar-refractivity contribution >= 4 is 0 Å². The van der Waals surface area contributed by atoms with Crippen molar-refractivity contribution in [3.63, 3.8) is 0 Å². The van der Waals surface area contributed by atoms with Gasteiger partial charge in [0.1, 0.15) is 0 Å². The van der Waals surface area contributed by atoms with Crippen LogP contribution in [0.4, 0.5) is 0 Å². The smallest absolute Gasteiger partial charge is 0.157 e. The first-order valence-electron chi connectivity index (χ1n) is 10.5. The van der Waals surface area contributed by atoms with Gasteiger partial charge in [-0.05, 0) is 87.4 Å². The molecule has 2 saturated carbocycles. The molecule has 0 aromatic rings. The molecule has 23 heavy (non-hydrogen) atoms. The molecule has 3 aliphatic rings. The van der Waals surface area contributed by atoms with Crippen LogP contribution in [0.3, 0.4) is 0 Å². The molecule has 0 atom stereocenters. The largest absolute Gasteiger partial charge is 0.353 e. The van der Waals surface area contributed by atoms with Crippen LogP contribution in [0.15, 0.2) is 0 Å². The molecule has 0 N–H and O–H groups in total. The lowest BCUT2D eigenvalue weighted by Crippen LogP contribution is -2.28. The Bertz CT molecular complexity index is 319. The van der Waals surface area contributed by atoms with Crippen LogP contribution in [-0.2, 0) is 9.47 Å². The van der Waals surface area contributed by atoms with E-state index >= 15 is 0 Å².